The van der Waals surface area contributed by atoms with E-state index in [1.807, 2.05) is 0 Å². The summed E-state index contributed by atoms with van der Waals surface area (Å²) in [7, 11) is 1.24. The van der Waals surface area contributed by atoms with E-state index in [4.69, 9.17) is 4.74 Å². The van der Waals surface area contributed by atoms with Crippen LogP contribution in [0.3, 0.4) is 0 Å². The highest BCUT2D eigenvalue weighted by atomic mass is 16.5. The van der Waals surface area contributed by atoms with E-state index in [9.17, 15) is 19.2 Å². The van der Waals surface area contributed by atoms with Crippen LogP contribution in [0.1, 0.15) is 42.5 Å². The number of hydrazine groups is 1. The van der Waals surface area contributed by atoms with E-state index in [-0.39, 0.29) is 11.3 Å². The summed E-state index contributed by atoms with van der Waals surface area (Å²) in [4.78, 5) is 50.1. The Balaban J connectivity index is 1.89. The molecule has 142 valence electrons. The first-order chi connectivity index (χ1) is 12.8. The Bertz CT molecular complexity index is 873. The Kier molecular flexibility index (Phi) is 6.32. The second kappa shape index (κ2) is 8.65. The van der Waals surface area contributed by atoms with Gasteiger partial charge in [0.05, 0.1) is 12.7 Å². The lowest BCUT2D eigenvalue weighted by molar-refractivity contribution is -0.125. The van der Waals surface area contributed by atoms with Gasteiger partial charge in [-0.1, -0.05) is 18.2 Å². The van der Waals surface area contributed by atoms with Gasteiger partial charge >= 0.3 is 11.9 Å². The number of benzene rings is 1. The van der Waals surface area contributed by atoms with Crippen LogP contribution in [0.5, 0.6) is 0 Å². The number of amides is 2. The molecule has 2 aromatic rings. The number of H-pyrrole nitrogens is 1. The molecule has 1 aromatic heterocycles. The summed E-state index contributed by atoms with van der Waals surface area (Å²) >= 11 is 0. The average molecular weight is 373 g/mol. The molecule has 3 N–H and O–H groups in total. The lowest BCUT2D eigenvalue weighted by atomic mass is 10.1. The molecule has 1 aromatic carbocycles. The highest BCUT2D eigenvalue weighted by Gasteiger charge is 2.23. The van der Waals surface area contributed by atoms with Crippen LogP contribution in [0, 0.1) is 13.8 Å². The van der Waals surface area contributed by atoms with Crippen molar-refractivity contribution in [1.82, 2.24) is 15.8 Å². The van der Waals surface area contributed by atoms with Crippen molar-refractivity contribution in [2.45, 2.75) is 13.8 Å². The maximum Gasteiger partial charge on any atom is 0.355 e. The minimum Gasteiger partial charge on any atom is -0.465 e. The Morgan fingerprint density at radius 3 is 2.30 bits per heavy atom. The van der Waals surface area contributed by atoms with Gasteiger partial charge in [0.25, 0.3) is 11.8 Å². The summed E-state index contributed by atoms with van der Waals surface area (Å²) in [5.41, 5.74) is 5.82. The third kappa shape index (κ3) is 4.72. The van der Waals surface area contributed by atoms with Gasteiger partial charge in [0, 0.05) is 11.3 Å². The molecule has 2 rings (SSSR count). The first-order valence-corrected chi connectivity index (χ1v) is 7.94. The molecule has 0 radical (unpaired) electrons. The molecule has 0 aliphatic heterocycles. The van der Waals surface area contributed by atoms with Crippen molar-refractivity contribution in [3.8, 4) is 0 Å². The predicted molar refractivity (Wildman–Crippen MR) is 93.9 cm³/mol. The number of esters is 2. The molecule has 0 saturated heterocycles. The third-order valence-corrected chi connectivity index (χ3v) is 3.72. The van der Waals surface area contributed by atoms with Crippen molar-refractivity contribution in [2.24, 2.45) is 0 Å². The molecule has 0 bridgehead atoms. The molecular weight excluding hydrogens is 354 g/mol. The van der Waals surface area contributed by atoms with Gasteiger partial charge in [-0.05, 0) is 31.5 Å². The van der Waals surface area contributed by atoms with E-state index in [1.165, 1.54) is 7.11 Å². The summed E-state index contributed by atoms with van der Waals surface area (Å²) in [5, 5.41) is 0. The summed E-state index contributed by atoms with van der Waals surface area (Å²) in [6.45, 7) is 2.56. The van der Waals surface area contributed by atoms with E-state index in [2.05, 4.69) is 20.6 Å². The zero-order chi connectivity index (χ0) is 20.0. The zero-order valence-electron chi connectivity index (χ0n) is 15.0. The number of aromatic nitrogens is 1. The van der Waals surface area contributed by atoms with E-state index in [0.717, 1.165) is 0 Å². The van der Waals surface area contributed by atoms with Crippen molar-refractivity contribution >= 4 is 23.8 Å². The van der Waals surface area contributed by atoms with Gasteiger partial charge in [-0.15, -0.1) is 0 Å². The summed E-state index contributed by atoms with van der Waals surface area (Å²) in [5.74, 6) is -2.62. The monoisotopic (exact) mass is 373 g/mol. The Morgan fingerprint density at radius 1 is 1.00 bits per heavy atom. The normalized spacial score (nSPS) is 10.0. The van der Waals surface area contributed by atoms with E-state index >= 15 is 0 Å². The van der Waals surface area contributed by atoms with E-state index in [1.54, 1.807) is 44.2 Å². The number of hydrogen-bond donors (Lipinski definition) is 3. The van der Waals surface area contributed by atoms with Crippen LogP contribution in [0.2, 0.25) is 0 Å². The van der Waals surface area contributed by atoms with Crippen LogP contribution in [-0.2, 0) is 14.3 Å². The lowest BCUT2D eigenvalue weighted by Crippen LogP contribution is -2.43. The minimum atomic E-state index is -0.810. The Hall–Kier alpha value is -3.62. The maximum absolute atomic E-state index is 12.1. The molecule has 1 heterocycles. The molecule has 0 aliphatic rings. The summed E-state index contributed by atoms with van der Waals surface area (Å²) in [6.07, 6.45) is 0. The molecular formula is C18H19N3O6. The second-order valence-electron chi connectivity index (χ2n) is 5.56. The second-order valence-corrected chi connectivity index (χ2v) is 5.56. The Morgan fingerprint density at radius 2 is 1.67 bits per heavy atom. The standard InChI is InChI=1S/C18H19N3O6/c1-10-14(17(24)26-3)11(2)19-15(10)18(25)27-9-13(22)20-21-16(23)12-7-5-4-6-8-12/h4-8,19H,9H2,1-3H3,(H,20,22)(H,21,23). The van der Waals surface area contributed by atoms with Gasteiger partial charge < -0.3 is 14.5 Å². The number of aromatic amines is 1. The number of methoxy groups -OCH3 is 1. The van der Waals surface area contributed by atoms with Gasteiger partial charge in [0.15, 0.2) is 6.61 Å². The maximum atomic E-state index is 12.1. The number of carbonyl (C=O) groups excluding carboxylic acids is 4. The van der Waals surface area contributed by atoms with Crippen molar-refractivity contribution in [1.29, 1.82) is 0 Å². The smallest absolute Gasteiger partial charge is 0.355 e. The minimum absolute atomic E-state index is 0.0500. The zero-order valence-corrected chi connectivity index (χ0v) is 15.0. The number of ether oxygens (including phenoxy) is 2. The van der Waals surface area contributed by atoms with Gasteiger partial charge in [-0.3, -0.25) is 20.4 Å². The van der Waals surface area contributed by atoms with Gasteiger partial charge in [0.1, 0.15) is 5.69 Å². The van der Waals surface area contributed by atoms with E-state index in [0.29, 0.717) is 16.8 Å². The van der Waals surface area contributed by atoms with Gasteiger partial charge in [-0.2, -0.15) is 0 Å². The number of rotatable bonds is 5. The number of nitrogens with one attached hydrogen (secondary N) is 3. The molecule has 27 heavy (non-hydrogen) atoms. The quantitative estimate of drug-likeness (QED) is 0.531. The van der Waals surface area contributed by atoms with E-state index < -0.39 is 30.4 Å². The molecule has 0 aliphatic carbocycles. The molecule has 0 saturated carbocycles. The molecule has 0 atom stereocenters. The molecule has 0 fully saturated rings. The highest BCUT2D eigenvalue weighted by molar-refractivity contribution is 5.99. The third-order valence-electron chi connectivity index (χ3n) is 3.72. The molecule has 0 spiro atoms. The SMILES string of the molecule is COC(=O)c1c(C)[nH]c(C(=O)OCC(=O)NNC(=O)c2ccccc2)c1C. The fourth-order valence-electron chi connectivity index (χ4n) is 2.39. The van der Waals surface area contributed by atoms with Crippen molar-refractivity contribution in [3.63, 3.8) is 0 Å². The highest BCUT2D eigenvalue weighted by Crippen LogP contribution is 2.19. The fourth-order valence-corrected chi connectivity index (χ4v) is 2.39. The first-order valence-electron chi connectivity index (χ1n) is 7.94. The predicted octanol–water partition coefficient (Wildman–Crippen LogP) is 1.04. The van der Waals surface area contributed by atoms with Crippen LogP contribution in [0.25, 0.3) is 0 Å². The number of carbonyl (C=O) groups is 4. The first kappa shape index (κ1) is 19.7. The van der Waals surface area contributed by atoms with Crippen LogP contribution in [0.4, 0.5) is 0 Å². The topological polar surface area (TPSA) is 127 Å². The molecule has 9 nitrogen and oxygen atoms in total. The van der Waals surface area contributed by atoms with Crippen molar-refractivity contribution in [3.05, 3.63) is 58.4 Å². The largest absolute Gasteiger partial charge is 0.465 e. The Labute approximate surface area is 155 Å². The van der Waals surface area contributed by atoms with Crippen LogP contribution in [0.15, 0.2) is 30.3 Å². The molecule has 0 unspecified atom stereocenters. The molecule has 9 heteroatoms. The van der Waals surface area contributed by atoms with Crippen LogP contribution in [-0.4, -0.2) is 42.5 Å². The van der Waals surface area contributed by atoms with Crippen molar-refractivity contribution in [2.75, 3.05) is 13.7 Å². The van der Waals surface area contributed by atoms with Crippen molar-refractivity contribution < 1.29 is 28.7 Å². The van der Waals surface area contributed by atoms with Gasteiger partial charge in [-0.25, -0.2) is 9.59 Å². The summed E-state index contributed by atoms with van der Waals surface area (Å²) < 4.78 is 9.57. The van der Waals surface area contributed by atoms with Crippen LogP contribution >= 0.6 is 0 Å². The number of hydrogen-bond acceptors (Lipinski definition) is 6. The fraction of sp³-hybridized carbons (Fsp3) is 0.222. The lowest BCUT2D eigenvalue weighted by Gasteiger charge is -2.08. The molecule has 2 amide bonds. The summed E-state index contributed by atoms with van der Waals surface area (Å²) in [6, 6.07) is 8.28. The number of aryl methyl sites for hydroxylation is 1. The average Bonchev–Trinajstić information content (AvgIpc) is 2.98. The van der Waals surface area contributed by atoms with Gasteiger partial charge in [0.2, 0.25) is 0 Å². The van der Waals surface area contributed by atoms with Crippen LogP contribution < -0.4 is 10.9 Å².